The Kier molecular flexibility index (Phi) is 5.42. The van der Waals surface area contributed by atoms with Gasteiger partial charge in [0.15, 0.2) is 0 Å². The minimum absolute atomic E-state index is 0. The predicted molar refractivity (Wildman–Crippen MR) is 82.9 cm³/mol. The molecule has 0 radical (unpaired) electrons. The van der Waals surface area contributed by atoms with Crippen molar-refractivity contribution in [1.29, 1.82) is 0 Å². The molecule has 0 amide bonds. The van der Waals surface area contributed by atoms with Crippen molar-refractivity contribution in [3.8, 4) is 0 Å². The number of benzene rings is 1. The number of aryl methyl sites for hydroxylation is 1. The quantitative estimate of drug-likeness (QED) is 0.917. The molecular formula is C16H24ClFN2. The van der Waals surface area contributed by atoms with E-state index in [0.29, 0.717) is 6.04 Å². The van der Waals surface area contributed by atoms with E-state index in [-0.39, 0.29) is 18.2 Å². The molecule has 0 unspecified atom stereocenters. The van der Waals surface area contributed by atoms with Crippen molar-refractivity contribution in [2.75, 3.05) is 26.2 Å². The van der Waals surface area contributed by atoms with E-state index in [9.17, 15) is 4.39 Å². The van der Waals surface area contributed by atoms with E-state index >= 15 is 0 Å². The molecule has 4 heteroatoms. The van der Waals surface area contributed by atoms with E-state index in [4.69, 9.17) is 0 Å². The highest BCUT2D eigenvalue weighted by Gasteiger charge is 2.30. The van der Waals surface area contributed by atoms with Crippen LogP contribution in [0.1, 0.15) is 36.4 Å². The molecule has 20 heavy (non-hydrogen) atoms. The van der Waals surface area contributed by atoms with Crippen LogP contribution in [0.5, 0.6) is 0 Å². The Bertz CT molecular complexity index is 442. The third-order valence-electron chi connectivity index (χ3n) is 4.43. The summed E-state index contributed by atoms with van der Waals surface area (Å²) in [4.78, 5) is 2.53. The lowest BCUT2D eigenvalue weighted by atomic mass is 9.97. The molecule has 1 aromatic carbocycles. The summed E-state index contributed by atoms with van der Waals surface area (Å²) in [7, 11) is 0. The van der Waals surface area contributed by atoms with Crippen LogP contribution in [-0.2, 0) is 0 Å². The Hall–Kier alpha value is -0.640. The zero-order chi connectivity index (χ0) is 13.2. The van der Waals surface area contributed by atoms with Crippen LogP contribution in [0.3, 0.4) is 0 Å². The van der Waals surface area contributed by atoms with Crippen molar-refractivity contribution in [3.05, 3.63) is 35.1 Å². The van der Waals surface area contributed by atoms with Crippen LogP contribution in [0.15, 0.2) is 18.2 Å². The molecule has 0 spiro atoms. The molecule has 112 valence electrons. The smallest absolute Gasteiger partial charge is 0.126 e. The summed E-state index contributed by atoms with van der Waals surface area (Å²) >= 11 is 0. The summed E-state index contributed by atoms with van der Waals surface area (Å²) in [5, 5.41) is 3.39. The van der Waals surface area contributed by atoms with Gasteiger partial charge in [0, 0.05) is 32.2 Å². The van der Waals surface area contributed by atoms with Gasteiger partial charge in [-0.15, -0.1) is 12.4 Å². The lowest BCUT2D eigenvalue weighted by molar-refractivity contribution is 0.160. The average Bonchev–Trinajstić information content (AvgIpc) is 3.24. The first-order valence-corrected chi connectivity index (χ1v) is 7.45. The fourth-order valence-corrected chi connectivity index (χ4v) is 2.98. The van der Waals surface area contributed by atoms with Crippen molar-refractivity contribution in [3.63, 3.8) is 0 Å². The first-order chi connectivity index (χ1) is 9.24. The minimum atomic E-state index is -0.0616. The third kappa shape index (κ3) is 3.72. The molecule has 1 N–H and O–H groups in total. The van der Waals surface area contributed by atoms with Crippen LogP contribution >= 0.6 is 12.4 Å². The molecule has 2 nitrogen and oxygen atoms in total. The number of hydrogen-bond acceptors (Lipinski definition) is 2. The normalized spacial score (nSPS) is 21.3. The van der Waals surface area contributed by atoms with E-state index in [1.165, 1.54) is 19.3 Å². The van der Waals surface area contributed by atoms with Crippen LogP contribution in [0.2, 0.25) is 0 Å². The van der Waals surface area contributed by atoms with Crippen molar-refractivity contribution in [1.82, 2.24) is 10.2 Å². The van der Waals surface area contributed by atoms with Crippen LogP contribution < -0.4 is 5.32 Å². The maximum atomic E-state index is 13.8. The zero-order valence-electron chi connectivity index (χ0n) is 12.1. The van der Waals surface area contributed by atoms with Gasteiger partial charge >= 0.3 is 0 Å². The van der Waals surface area contributed by atoms with E-state index in [1.54, 1.807) is 6.07 Å². The van der Waals surface area contributed by atoms with Gasteiger partial charge in [-0.3, -0.25) is 4.90 Å². The number of nitrogens with one attached hydrogen (secondary N) is 1. The monoisotopic (exact) mass is 298 g/mol. The number of rotatable bonds is 4. The zero-order valence-corrected chi connectivity index (χ0v) is 12.9. The van der Waals surface area contributed by atoms with E-state index in [2.05, 4.69) is 16.3 Å². The lowest BCUT2D eigenvalue weighted by Gasteiger charge is -2.35. The van der Waals surface area contributed by atoms with Gasteiger partial charge in [0.05, 0.1) is 0 Å². The highest BCUT2D eigenvalue weighted by molar-refractivity contribution is 5.85. The second-order valence-electron chi connectivity index (χ2n) is 5.99. The van der Waals surface area contributed by atoms with E-state index in [1.807, 2.05) is 13.0 Å². The molecule has 1 atom stereocenters. The SMILES string of the molecule is Cc1ccc([C@H](CC2CC2)N2CCNCC2)cc1F.Cl. The Morgan fingerprint density at radius 1 is 1.30 bits per heavy atom. The fraction of sp³-hybridized carbons (Fsp3) is 0.625. The second kappa shape index (κ2) is 6.88. The Labute approximate surface area is 127 Å². The van der Waals surface area contributed by atoms with Gasteiger partial charge < -0.3 is 5.32 Å². The van der Waals surface area contributed by atoms with Crippen LogP contribution in [0, 0.1) is 18.7 Å². The maximum absolute atomic E-state index is 13.8. The molecule has 3 rings (SSSR count). The highest BCUT2D eigenvalue weighted by Crippen LogP contribution is 2.40. The molecule has 0 bridgehead atoms. The van der Waals surface area contributed by atoms with Gasteiger partial charge in [0.1, 0.15) is 5.82 Å². The lowest BCUT2D eigenvalue weighted by Crippen LogP contribution is -2.45. The molecule has 1 aliphatic carbocycles. The molecule has 1 saturated carbocycles. The van der Waals surface area contributed by atoms with Gasteiger partial charge in [-0.25, -0.2) is 4.39 Å². The molecule has 1 aromatic rings. The van der Waals surface area contributed by atoms with Crippen LogP contribution in [0.25, 0.3) is 0 Å². The summed E-state index contributed by atoms with van der Waals surface area (Å²) in [5.74, 6) is 0.803. The Balaban J connectivity index is 0.00000147. The fourth-order valence-electron chi connectivity index (χ4n) is 2.98. The predicted octanol–water partition coefficient (Wildman–Crippen LogP) is 3.30. The molecular weight excluding hydrogens is 275 g/mol. The van der Waals surface area contributed by atoms with Gasteiger partial charge in [-0.1, -0.05) is 25.0 Å². The number of nitrogens with zero attached hydrogens (tertiary/aromatic N) is 1. The third-order valence-corrected chi connectivity index (χ3v) is 4.43. The minimum Gasteiger partial charge on any atom is -0.314 e. The molecule has 1 aliphatic heterocycles. The van der Waals surface area contributed by atoms with Gasteiger partial charge in [0.25, 0.3) is 0 Å². The van der Waals surface area contributed by atoms with Crippen molar-refractivity contribution in [2.45, 2.75) is 32.2 Å². The van der Waals surface area contributed by atoms with Crippen molar-refractivity contribution >= 4 is 12.4 Å². The largest absolute Gasteiger partial charge is 0.314 e. The molecule has 2 fully saturated rings. The second-order valence-corrected chi connectivity index (χ2v) is 5.99. The highest BCUT2D eigenvalue weighted by atomic mass is 35.5. The maximum Gasteiger partial charge on any atom is 0.126 e. The first kappa shape index (κ1) is 15.7. The first-order valence-electron chi connectivity index (χ1n) is 7.45. The van der Waals surface area contributed by atoms with Gasteiger partial charge in [-0.05, 0) is 36.5 Å². The van der Waals surface area contributed by atoms with Crippen LogP contribution in [0.4, 0.5) is 4.39 Å². The van der Waals surface area contributed by atoms with Crippen LogP contribution in [-0.4, -0.2) is 31.1 Å². The summed E-state index contributed by atoms with van der Waals surface area (Å²) < 4.78 is 13.8. The summed E-state index contributed by atoms with van der Waals surface area (Å²) in [5.41, 5.74) is 1.91. The number of piperazine rings is 1. The summed E-state index contributed by atoms with van der Waals surface area (Å²) in [6.45, 7) is 6.09. The Morgan fingerprint density at radius 3 is 2.60 bits per heavy atom. The number of halogens is 2. The average molecular weight is 299 g/mol. The standard InChI is InChI=1S/C16H23FN2.ClH/c1-12-2-5-14(11-15(12)17)16(10-13-3-4-13)19-8-6-18-7-9-19;/h2,5,11,13,16,18H,3-4,6-10H2,1H3;1H/t16-;/m0./s1. The topological polar surface area (TPSA) is 15.3 Å². The molecule has 2 aliphatic rings. The summed E-state index contributed by atoms with van der Waals surface area (Å²) in [6, 6.07) is 6.20. The summed E-state index contributed by atoms with van der Waals surface area (Å²) in [6.07, 6.45) is 3.91. The van der Waals surface area contributed by atoms with Crippen molar-refractivity contribution < 1.29 is 4.39 Å². The Morgan fingerprint density at radius 2 is 2.00 bits per heavy atom. The van der Waals surface area contributed by atoms with Gasteiger partial charge in [-0.2, -0.15) is 0 Å². The van der Waals surface area contributed by atoms with E-state index in [0.717, 1.165) is 43.2 Å². The number of hydrogen-bond donors (Lipinski definition) is 1. The van der Waals surface area contributed by atoms with E-state index < -0.39 is 0 Å². The molecule has 1 saturated heterocycles. The van der Waals surface area contributed by atoms with Crippen molar-refractivity contribution in [2.24, 2.45) is 5.92 Å². The molecule has 0 aromatic heterocycles. The molecule has 1 heterocycles. The van der Waals surface area contributed by atoms with Gasteiger partial charge in [0.2, 0.25) is 0 Å².